The molecule has 0 saturated carbocycles. The molecule has 0 aliphatic carbocycles. The van der Waals surface area contributed by atoms with Gasteiger partial charge in [0.2, 0.25) is 5.88 Å². The van der Waals surface area contributed by atoms with E-state index in [1.54, 1.807) is 18.2 Å². The Balaban J connectivity index is 2.65. The van der Waals surface area contributed by atoms with Gasteiger partial charge in [-0.25, -0.2) is 0 Å². The molecule has 5 heteroatoms. The van der Waals surface area contributed by atoms with Crippen molar-refractivity contribution in [1.29, 1.82) is 0 Å². The second kappa shape index (κ2) is 5.85. The molecule has 102 valence electrons. The molecule has 2 N–H and O–H groups in total. The van der Waals surface area contributed by atoms with Crippen molar-refractivity contribution in [3.05, 3.63) is 33.9 Å². The molecule has 0 spiro atoms. The quantitative estimate of drug-likeness (QED) is 0.851. The fourth-order valence-electron chi connectivity index (χ4n) is 2.26. The maximum Gasteiger partial charge on any atom is 0.230 e. The minimum atomic E-state index is 0.261. The van der Waals surface area contributed by atoms with Crippen LogP contribution in [0.5, 0.6) is 0 Å². The summed E-state index contributed by atoms with van der Waals surface area (Å²) in [4.78, 5) is 0. The van der Waals surface area contributed by atoms with E-state index in [4.69, 9.17) is 33.5 Å². The Labute approximate surface area is 122 Å². The molecule has 0 unspecified atom stereocenters. The van der Waals surface area contributed by atoms with Crippen LogP contribution in [0, 0.1) is 0 Å². The highest BCUT2D eigenvalue weighted by Gasteiger charge is 2.24. The van der Waals surface area contributed by atoms with Crippen LogP contribution in [0.15, 0.2) is 22.7 Å². The summed E-state index contributed by atoms with van der Waals surface area (Å²) in [5.41, 5.74) is 8.17. The Bertz CT molecular complexity index is 557. The predicted octanol–water partition coefficient (Wildman–Crippen LogP) is 5.13. The van der Waals surface area contributed by atoms with Gasteiger partial charge in [-0.3, -0.25) is 0 Å². The van der Waals surface area contributed by atoms with Crippen molar-refractivity contribution >= 4 is 29.1 Å². The summed E-state index contributed by atoms with van der Waals surface area (Å²) in [7, 11) is 0. The van der Waals surface area contributed by atoms with Gasteiger partial charge < -0.3 is 10.3 Å². The molecule has 0 amide bonds. The van der Waals surface area contributed by atoms with Crippen molar-refractivity contribution in [2.45, 2.75) is 32.6 Å². The SMILES string of the molecule is CCC(CC)c1noc(N)c1-c1c(Cl)cccc1Cl. The van der Waals surface area contributed by atoms with Gasteiger partial charge in [-0.1, -0.05) is 48.3 Å². The van der Waals surface area contributed by atoms with Gasteiger partial charge in [0.1, 0.15) is 0 Å². The van der Waals surface area contributed by atoms with Crippen molar-refractivity contribution < 1.29 is 4.52 Å². The summed E-state index contributed by atoms with van der Waals surface area (Å²) in [6.07, 6.45) is 1.91. The molecule has 19 heavy (non-hydrogen) atoms. The second-order valence-corrected chi connectivity index (χ2v) is 5.23. The lowest BCUT2D eigenvalue weighted by molar-refractivity contribution is 0.416. The van der Waals surface area contributed by atoms with Gasteiger partial charge in [-0.2, -0.15) is 0 Å². The Hall–Kier alpha value is -1.19. The first-order valence-corrected chi connectivity index (χ1v) is 7.05. The lowest BCUT2D eigenvalue weighted by atomic mass is 9.93. The van der Waals surface area contributed by atoms with Crippen molar-refractivity contribution in [1.82, 2.24) is 5.16 Å². The van der Waals surface area contributed by atoms with E-state index in [0.717, 1.165) is 24.1 Å². The number of benzene rings is 1. The van der Waals surface area contributed by atoms with E-state index in [1.807, 2.05) is 0 Å². The highest BCUT2D eigenvalue weighted by atomic mass is 35.5. The third-order valence-electron chi connectivity index (χ3n) is 3.33. The summed E-state index contributed by atoms with van der Waals surface area (Å²) >= 11 is 12.5. The number of anilines is 1. The number of hydrogen-bond acceptors (Lipinski definition) is 3. The summed E-state index contributed by atoms with van der Waals surface area (Å²) in [5, 5.41) is 5.20. The van der Waals surface area contributed by atoms with Crippen LogP contribution < -0.4 is 5.73 Å². The standard InChI is InChI=1S/C14H16Cl2N2O/c1-3-8(4-2)13-12(14(17)19-18-13)11-9(15)6-5-7-10(11)16/h5-8H,3-4,17H2,1-2H3. The lowest BCUT2D eigenvalue weighted by Gasteiger charge is -2.12. The van der Waals surface area contributed by atoms with E-state index in [2.05, 4.69) is 19.0 Å². The predicted molar refractivity (Wildman–Crippen MR) is 79.7 cm³/mol. The molecule has 2 rings (SSSR count). The molecule has 0 saturated heterocycles. The number of nitrogens with two attached hydrogens (primary N) is 1. The van der Waals surface area contributed by atoms with Crippen LogP contribution in [0.4, 0.5) is 5.88 Å². The van der Waals surface area contributed by atoms with E-state index < -0.39 is 0 Å². The topological polar surface area (TPSA) is 52.0 Å². The molecule has 0 aliphatic rings. The Morgan fingerprint density at radius 2 is 1.74 bits per heavy atom. The van der Waals surface area contributed by atoms with E-state index in [1.165, 1.54) is 0 Å². The molecular weight excluding hydrogens is 283 g/mol. The molecule has 2 aromatic rings. The summed E-state index contributed by atoms with van der Waals surface area (Å²) in [6.45, 7) is 4.22. The van der Waals surface area contributed by atoms with Crippen molar-refractivity contribution in [2.24, 2.45) is 0 Å². The smallest absolute Gasteiger partial charge is 0.230 e. The van der Waals surface area contributed by atoms with Crippen LogP contribution in [-0.2, 0) is 0 Å². The number of aromatic nitrogens is 1. The van der Waals surface area contributed by atoms with Gasteiger partial charge in [0.05, 0.1) is 21.3 Å². The largest absolute Gasteiger partial charge is 0.367 e. The minimum absolute atomic E-state index is 0.261. The fourth-order valence-corrected chi connectivity index (χ4v) is 2.84. The molecule has 1 heterocycles. The summed E-state index contributed by atoms with van der Waals surface area (Å²) in [5.74, 6) is 0.542. The summed E-state index contributed by atoms with van der Waals surface area (Å²) in [6, 6.07) is 5.37. The van der Waals surface area contributed by atoms with Crippen molar-refractivity contribution in [2.75, 3.05) is 5.73 Å². The van der Waals surface area contributed by atoms with Crippen molar-refractivity contribution in [3.8, 4) is 11.1 Å². The fraction of sp³-hybridized carbons (Fsp3) is 0.357. The highest BCUT2D eigenvalue weighted by Crippen LogP contribution is 2.42. The average Bonchev–Trinajstić information content (AvgIpc) is 2.74. The molecule has 0 aliphatic heterocycles. The monoisotopic (exact) mass is 298 g/mol. The van der Waals surface area contributed by atoms with E-state index >= 15 is 0 Å². The van der Waals surface area contributed by atoms with Crippen LogP contribution in [0.1, 0.15) is 38.3 Å². The Morgan fingerprint density at radius 1 is 1.16 bits per heavy atom. The maximum absolute atomic E-state index is 6.25. The van der Waals surface area contributed by atoms with Gasteiger partial charge in [-0.15, -0.1) is 0 Å². The molecule has 0 radical (unpaired) electrons. The third kappa shape index (κ3) is 2.58. The normalized spacial score (nSPS) is 11.2. The second-order valence-electron chi connectivity index (χ2n) is 4.42. The zero-order valence-corrected chi connectivity index (χ0v) is 12.4. The first-order chi connectivity index (χ1) is 9.10. The van der Waals surface area contributed by atoms with Crippen LogP contribution in [0.2, 0.25) is 10.0 Å². The van der Waals surface area contributed by atoms with Gasteiger partial charge in [-0.05, 0) is 25.0 Å². The lowest BCUT2D eigenvalue weighted by Crippen LogP contribution is -1.99. The number of nitrogens with zero attached hydrogens (tertiary/aromatic N) is 1. The third-order valence-corrected chi connectivity index (χ3v) is 3.96. The van der Waals surface area contributed by atoms with Gasteiger partial charge in [0.15, 0.2) is 0 Å². The van der Waals surface area contributed by atoms with Gasteiger partial charge in [0.25, 0.3) is 0 Å². The Kier molecular flexibility index (Phi) is 4.38. The van der Waals surface area contributed by atoms with Crippen LogP contribution in [0.3, 0.4) is 0 Å². The van der Waals surface area contributed by atoms with Crippen LogP contribution in [0.25, 0.3) is 11.1 Å². The number of rotatable bonds is 4. The molecule has 1 aromatic heterocycles. The molecule has 0 fully saturated rings. The number of halogens is 2. The molecule has 0 atom stereocenters. The molecule has 1 aromatic carbocycles. The average molecular weight is 299 g/mol. The van der Waals surface area contributed by atoms with Gasteiger partial charge >= 0.3 is 0 Å². The molecular formula is C14H16Cl2N2O. The summed E-state index contributed by atoms with van der Waals surface area (Å²) < 4.78 is 5.16. The maximum atomic E-state index is 6.25. The van der Waals surface area contributed by atoms with E-state index in [9.17, 15) is 0 Å². The van der Waals surface area contributed by atoms with E-state index in [-0.39, 0.29) is 11.8 Å². The Morgan fingerprint density at radius 3 is 2.26 bits per heavy atom. The van der Waals surface area contributed by atoms with Crippen LogP contribution >= 0.6 is 23.2 Å². The zero-order chi connectivity index (χ0) is 14.0. The number of hydrogen-bond donors (Lipinski definition) is 1. The van der Waals surface area contributed by atoms with Gasteiger partial charge in [0, 0.05) is 11.5 Å². The number of nitrogen functional groups attached to an aromatic ring is 1. The zero-order valence-electron chi connectivity index (χ0n) is 10.9. The first kappa shape index (κ1) is 14.2. The van der Waals surface area contributed by atoms with Crippen molar-refractivity contribution in [3.63, 3.8) is 0 Å². The molecule has 3 nitrogen and oxygen atoms in total. The minimum Gasteiger partial charge on any atom is -0.367 e. The van der Waals surface area contributed by atoms with E-state index in [0.29, 0.717) is 15.6 Å². The first-order valence-electron chi connectivity index (χ1n) is 6.29. The molecule has 0 bridgehead atoms. The highest BCUT2D eigenvalue weighted by molar-refractivity contribution is 6.39. The van der Waals surface area contributed by atoms with Crippen LogP contribution in [-0.4, -0.2) is 5.16 Å².